The van der Waals surface area contributed by atoms with Crippen LogP contribution in [0.1, 0.15) is 65.2 Å². The van der Waals surface area contributed by atoms with Gasteiger partial charge in [-0.15, -0.1) is 0 Å². The van der Waals surface area contributed by atoms with Crippen LogP contribution in [0.15, 0.2) is 0 Å². The number of rotatable bonds is 6. The summed E-state index contributed by atoms with van der Waals surface area (Å²) in [6.07, 6.45) is 11.7. The molecule has 0 bridgehead atoms. The van der Waals surface area contributed by atoms with Crippen LogP contribution in [0.3, 0.4) is 0 Å². The second-order valence-corrected chi connectivity index (χ2v) is 6.01. The third kappa shape index (κ3) is 3.23. The minimum atomic E-state index is 0.873. The molecule has 2 aliphatic rings. The average Bonchev–Trinajstić information content (AvgIpc) is 3.15. The predicted molar refractivity (Wildman–Crippen MR) is 70.5 cm³/mol. The molecule has 0 saturated heterocycles. The predicted octanol–water partition coefficient (Wildman–Crippen LogP) is 3.98. The molecule has 0 aromatic rings. The van der Waals surface area contributed by atoms with Crippen molar-refractivity contribution in [2.45, 2.75) is 71.3 Å². The Hall–Kier alpha value is -0.0400. The summed E-state index contributed by atoms with van der Waals surface area (Å²) in [5.41, 5.74) is 0. The van der Waals surface area contributed by atoms with E-state index in [1.807, 2.05) is 0 Å². The van der Waals surface area contributed by atoms with E-state index in [0.717, 1.165) is 23.8 Å². The Morgan fingerprint density at radius 3 is 1.94 bits per heavy atom. The van der Waals surface area contributed by atoms with Crippen molar-refractivity contribution in [2.75, 3.05) is 6.54 Å². The van der Waals surface area contributed by atoms with Crippen molar-refractivity contribution >= 4 is 0 Å². The van der Waals surface area contributed by atoms with E-state index in [9.17, 15) is 0 Å². The van der Waals surface area contributed by atoms with Crippen molar-refractivity contribution < 1.29 is 0 Å². The highest BCUT2D eigenvalue weighted by Crippen LogP contribution is 2.41. The van der Waals surface area contributed by atoms with E-state index in [4.69, 9.17) is 0 Å². The summed E-state index contributed by atoms with van der Waals surface area (Å²) in [6, 6.07) is 0.873. The molecular formula is C15H29N. The maximum absolute atomic E-state index is 3.83. The molecule has 1 nitrogen and oxygen atoms in total. The van der Waals surface area contributed by atoms with Crippen molar-refractivity contribution in [1.82, 2.24) is 5.32 Å². The van der Waals surface area contributed by atoms with Crippen LogP contribution in [-0.4, -0.2) is 12.6 Å². The molecule has 0 spiro atoms. The van der Waals surface area contributed by atoms with E-state index < -0.39 is 0 Å². The van der Waals surface area contributed by atoms with Gasteiger partial charge in [0.2, 0.25) is 0 Å². The lowest BCUT2D eigenvalue weighted by Gasteiger charge is -2.34. The number of hydrogen-bond donors (Lipinski definition) is 1. The highest BCUT2D eigenvalue weighted by atomic mass is 14.9. The normalized spacial score (nSPS) is 32.6. The van der Waals surface area contributed by atoms with Gasteiger partial charge in [0.15, 0.2) is 0 Å². The largest absolute Gasteiger partial charge is 0.313 e. The maximum atomic E-state index is 3.83. The van der Waals surface area contributed by atoms with Crippen molar-refractivity contribution in [2.24, 2.45) is 17.8 Å². The summed E-state index contributed by atoms with van der Waals surface area (Å²) < 4.78 is 0. The van der Waals surface area contributed by atoms with E-state index in [0.29, 0.717) is 0 Å². The zero-order chi connectivity index (χ0) is 11.4. The van der Waals surface area contributed by atoms with Crippen LogP contribution >= 0.6 is 0 Å². The van der Waals surface area contributed by atoms with Gasteiger partial charge < -0.3 is 5.32 Å². The highest BCUT2D eigenvalue weighted by Gasteiger charge is 2.37. The SMILES string of the molecule is CCCNC(C1CCC(CC)CC1)C1CC1. The van der Waals surface area contributed by atoms with Gasteiger partial charge >= 0.3 is 0 Å². The summed E-state index contributed by atoms with van der Waals surface area (Å²) in [7, 11) is 0. The molecule has 2 rings (SSSR count). The zero-order valence-corrected chi connectivity index (χ0v) is 11.2. The molecule has 2 aliphatic carbocycles. The molecule has 2 saturated carbocycles. The molecule has 0 amide bonds. The fraction of sp³-hybridized carbons (Fsp3) is 1.00. The molecule has 0 aromatic heterocycles. The van der Waals surface area contributed by atoms with Crippen molar-refractivity contribution in [3.8, 4) is 0 Å². The molecule has 0 radical (unpaired) electrons. The van der Waals surface area contributed by atoms with Gasteiger partial charge in [-0.05, 0) is 56.4 Å². The topological polar surface area (TPSA) is 12.0 Å². The lowest BCUT2D eigenvalue weighted by atomic mass is 9.76. The Balaban J connectivity index is 1.79. The lowest BCUT2D eigenvalue weighted by molar-refractivity contribution is 0.204. The lowest BCUT2D eigenvalue weighted by Crippen LogP contribution is -2.40. The first kappa shape index (κ1) is 12.4. The van der Waals surface area contributed by atoms with Crippen LogP contribution < -0.4 is 5.32 Å². The molecule has 1 atom stereocenters. The minimum absolute atomic E-state index is 0.873. The standard InChI is InChI=1S/C15H29N/c1-3-11-16-15(14-9-10-14)13-7-5-12(4-2)6-8-13/h12-16H,3-11H2,1-2H3. The van der Waals surface area contributed by atoms with Crippen LogP contribution in [-0.2, 0) is 0 Å². The highest BCUT2D eigenvalue weighted by molar-refractivity contribution is 4.92. The first-order valence-electron chi connectivity index (χ1n) is 7.58. The van der Waals surface area contributed by atoms with Gasteiger partial charge in [0.25, 0.3) is 0 Å². The van der Waals surface area contributed by atoms with Gasteiger partial charge in [-0.25, -0.2) is 0 Å². The fourth-order valence-electron chi connectivity index (χ4n) is 3.44. The average molecular weight is 223 g/mol. The summed E-state index contributed by atoms with van der Waals surface area (Å²) in [6.45, 7) is 5.87. The van der Waals surface area contributed by atoms with Crippen LogP contribution in [0.25, 0.3) is 0 Å². The van der Waals surface area contributed by atoms with Gasteiger partial charge in [-0.2, -0.15) is 0 Å². The molecule has 1 heteroatoms. The first-order valence-corrected chi connectivity index (χ1v) is 7.58. The summed E-state index contributed by atoms with van der Waals surface area (Å²) in [4.78, 5) is 0. The van der Waals surface area contributed by atoms with Crippen molar-refractivity contribution in [1.29, 1.82) is 0 Å². The number of nitrogens with one attached hydrogen (secondary N) is 1. The molecule has 1 unspecified atom stereocenters. The van der Waals surface area contributed by atoms with Gasteiger partial charge in [0.05, 0.1) is 0 Å². The fourth-order valence-corrected chi connectivity index (χ4v) is 3.44. The van der Waals surface area contributed by atoms with Crippen molar-refractivity contribution in [3.05, 3.63) is 0 Å². The Morgan fingerprint density at radius 2 is 1.50 bits per heavy atom. The Morgan fingerprint density at radius 1 is 0.938 bits per heavy atom. The monoisotopic (exact) mass is 223 g/mol. The first-order chi connectivity index (χ1) is 7.85. The van der Waals surface area contributed by atoms with Crippen LogP contribution in [0.4, 0.5) is 0 Å². The van der Waals surface area contributed by atoms with Crippen LogP contribution in [0.5, 0.6) is 0 Å². The van der Waals surface area contributed by atoms with Crippen molar-refractivity contribution in [3.63, 3.8) is 0 Å². The van der Waals surface area contributed by atoms with E-state index >= 15 is 0 Å². The molecule has 94 valence electrons. The minimum Gasteiger partial charge on any atom is -0.313 e. The molecule has 0 heterocycles. The van der Waals surface area contributed by atoms with Gasteiger partial charge in [0.1, 0.15) is 0 Å². The maximum Gasteiger partial charge on any atom is 0.0124 e. The van der Waals surface area contributed by atoms with Gasteiger partial charge in [-0.3, -0.25) is 0 Å². The summed E-state index contributed by atoms with van der Waals surface area (Å²) in [5, 5.41) is 3.83. The molecule has 2 fully saturated rings. The third-order valence-corrected chi connectivity index (χ3v) is 4.74. The van der Waals surface area contributed by atoms with Gasteiger partial charge in [-0.1, -0.05) is 33.1 Å². The van der Waals surface area contributed by atoms with E-state index in [2.05, 4.69) is 19.2 Å². The molecule has 0 aromatic carbocycles. The Labute approximate surface area is 101 Å². The van der Waals surface area contributed by atoms with Crippen LogP contribution in [0, 0.1) is 17.8 Å². The summed E-state index contributed by atoms with van der Waals surface area (Å²) in [5.74, 6) is 3.08. The van der Waals surface area contributed by atoms with E-state index in [1.54, 1.807) is 0 Å². The molecule has 1 N–H and O–H groups in total. The molecule has 16 heavy (non-hydrogen) atoms. The van der Waals surface area contributed by atoms with Gasteiger partial charge in [0, 0.05) is 6.04 Å². The smallest absolute Gasteiger partial charge is 0.0124 e. The summed E-state index contributed by atoms with van der Waals surface area (Å²) >= 11 is 0. The zero-order valence-electron chi connectivity index (χ0n) is 11.2. The Bertz CT molecular complexity index is 190. The Kier molecular flexibility index (Phi) is 4.69. The molecule has 0 aliphatic heterocycles. The number of hydrogen-bond acceptors (Lipinski definition) is 1. The quantitative estimate of drug-likeness (QED) is 0.718. The van der Waals surface area contributed by atoms with Crippen LogP contribution in [0.2, 0.25) is 0 Å². The molecular weight excluding hydrogens is 194 g/mol. The van der Waals surface area contributed by atoms with E-state index in [1.165, 1.54) is 57.9 Å². The second-order valence-electron chi connectivity index (χ2n) is 6.01. The second kappa shape index (κ2) is 6.05. The van der Waals surface area contributed by atoms with E-state index in [-0.39, 0.29) is 0 Å². The third-order valence-electron chi connectivity index (χ3n) is 4.74.